The molecule has 0 aliphatic heterocycles. The van der Waals surface area contributed by atoms with Crippen LogP contribution in [0.25, 0.3) is 5.69 Å². The fraction of sp³-hybridized carbons (Fsp3) is 0.182. The van der Waals surface area contributed by atoms with Crippen molar-refractivity contribution in [1.29, 1.82) is 0 Å². The zero-order valence-corrected chi connectivity index (χ0v) is 9.31. The predicted octanol–water partition coefficient (Wildman–Crippen LogP) is 1.72. The first-order valence-electron chi connectivity index (χ1n) is 4.92. The van der Waals surface area contributed by atoms with Crippen molar-refractivity contribution in [2.24, 2.45) is 0 Å². The molecule has 5 nitrogen and oxygen atoms in total. The fourth-order valence-corrected chi connectivity index (χ4v) is 1.67. The molecule has 0 fully saturated rings. The summed E-state index contributed by atoms with van der Waals surface area (Å²) in [6.07, 6.45) is 0. The molecule has 0 spiro atoms. The SMILES string of the molecule is Cc1nnc(C)n1-c1cc(F)cc(C(=O)O)c1. The van der Waals surface area contributed by atoms with E-state index in [0.29, 0.717) is 17.3 Å². The lowest BCUT2D eigenvalue weighted by molar-refractivity contribution is 0.0696. The summed E-state index contributed by atoms with van der Waals surface area (Å²) < 4.78 is 14.9. The molecule has 2 rings (SSSR count). The highest BCUT2D eigenvalue weighted by atomic mass is 19.1. The Hall–Kier alpha value is -2.24. The van der Waals surface area contributed by atoms with Crippen molar-refractivity contribution >= 4 is 5.97 Å². The number of aromatic carboxylic acids is 1. The minimum absolute atomic E-state index is 0.104. The van der Waals surface area contributed by atoms with Gasteiger partial charge in [-0.1, -0.05) is 0 Å². The lowest BCUT2D eigenvalue weighted by Crippen LogP contribution is -2.04. The van der Waals surface area contributed by atoms with E-state index in [1.54, 1.807) is 18.4 Å². The first kappa shape index (κ1) is 11.3. The molecular weight excluding hydrogens is 225 g/mol. The molecule has 0 saturated heterocycles. The van der Waals surface area contributed by atoms with Crippen LogP contribution in [0.5, 0.6) is 0 Å². The average molecular weight is 235 g/mol. The minimum Gasteiger partial charge on any atom is -0.478 e. The molecule has 2 aromatic rings. The number of aryl methyl sites for hydroxylation is 2. The molecular formula is C11H10FN3O2. The predicted molar refractivity (Wildman–Crippen MR) is 57.8 cm³/mol. The number of carboxylic acid groups (broad SMARTS) is 1. The van der Waals surface area contributed by atoms with Gasteiger partial charge in [-0.2, -0.15) is 0 Å². The first-order chi connectivity index (χ1) is 7.99. The molecule has 0 amide bonds. The number of hydrogen-bond donors (Lipinski definition) is 1. The Balaban J connectivity index is 2.64. The topological polar surface area (TPSA) is 68.0 Å². The second kappa shape index (κ2) is 3.97. The van der Waals surface area contributed by atoms with Gasteiger partial charge < -0.3 is 5.11 Å². The highest BCUT2D eigenvalue weighted by Crippen LogP contribution is 2.16. The third-order valence-electron chi connectivity index (χ3n) is 2.37. The normalized spacial score (nSPS) is 10.5. The molecule has 17 heavy (non-hydrogen) atoms. The van der Waals surface area contributed by atoms with E-state index in [9.17, 15) is 9.18 Å². The van der Waals surface area contributed by atoms with Gasteiger partial charge in [0.1, 0.15) is 17.5 Å². The quantitative estimate of drug-likeness (QED) is 0.860. The Morgan fingerprint density at radius 1 is 1.24 bits per heavy atom. The second-order valence-electron chi connectivity index (χ2n) is 3.63. The van der Waals surface area contributed by atoms with Gasteiger partial charge in [-0.3, -0.25) is 4.57 Å². The van der Waals surface area contributed by atoms with E-state index in [2.05, 4.69) is 10.2 Å². The van der Waals surface area contributed by atoms with Crippen LogP contribution in [0.2, 0.25) is 0 Å². The molecule has 1 N–H and O–H groups in total. The van der Waals surface area contributed by atoms with Crippen LogP contribution >= 0.6 is 0 Å². The molecule has 1 aromatic carbocycles. The van der Waals surface area contributed by atoms with E-state index in [4.69, 9.17) is 5.11 Å². The van der Waals surface area contributed by atoms with E-state index in [1.165, 1.54) is 12.1 Å². The Bertz CT molecular complexity index is 573. The molecule has 88 valence electrons. The van der Waals surface area contributed by atoms with Gasteiger partial charge in [0.15, 0.2) is 0 Å². The van der Waals surface area contributed by atoms with Gasteiger partial charge in [0.25, 0.3) is 0 Å². The van der Waals surface area contributed by atoms with Crippen LogP contribution < -0.4 is 0 Å². The van der Waals surface area contributed by atoms with Gasteiger partial charge in [-0.15, -0.1) is 10.2 Å². The van der Waals surface area contributed by atoms with Crippen molar-refractivity contribution in [2.45, 2.75) is 13.8 Å². The van der Waals surface area contributed by atoms with Gasteiger partial charge in [-0.05, 0) is 32.0 Å². The minimum atomic E-state index is -1.17. The maximum atomic E-state index is 13.3. The Kier molecular flexibility index (Phi) is 2.63. The van der Waals surface area contributed by atoms with E-state index < -0.39 is 11.8 Å². The lowest BCUT2D eigenvalue weighted by Gasteiger charge is -2.07. The average Bonchev–Trinajstić information content (AvgIpc) is 2.57. The molecule has 1 heterocycles. The zero-order valence-electron chi connectivity index (χ0n) is 9.31. The van der Waals surface area contributed by atoms with Crippen molar-refractivity contribution in [3.05, 3.63) is 41.2 Å². The lowest BCUT2D eigenvalue weighted by atomic mass is 10.2. The van der Waals surface area contributed by atoms with E-state index in [1.807, 2.05) is 0 Å². The smallest absolute Gasteiger partial charge is 0.335 e. The fourth-order valence-electron chi connectivity index (χ4n) is 1.67. The number of benzene rings is 1. The molecule has 0 aliphatic carbocycles. The highest BCUT2D eigenvalue weighted by molar-refractivity contribution is 5.88. The third-order valence-corrected chi connectivity index (χ3v) is 2.37. The third kappa shape index (κ3) is 2.01. The summed E-state index contributed by atoms with van der Waals surface area (Å²) in [5, 5.41) is 16.5. The molecule has 0 atom stereocenters. The summed E-state index contributed by atoms with van der Waals surface area (Å²) in [7, 11) is 0. The van der Waals surface area contributed by atoms with Crippen LogP contribution in [-0.4, -0.2) is 25.8 Å². The molecule has 0 unspecified atom stereocenters. The number of carboxylic acids is 1. The van der Waals surface area contributed by atoms with Gasteiger partial charge in [-0.25, -0.2) is 9.18 Å². The standard InChI is InChI=1S/C11H10FN3O2/c1-6-13-14-7(2)15(6)10-4-8(11(16)17)3-9(12)5-10/h3-5H,1-2H3,(H,16,17). The highest BCUT2D eigenvalue weighted by Gasteiger charge is 2.12. The maximum absolute atomic E-state index is 13.3. The maximum Gasteiger partial charge on any atom is 0.335 e. The Morgan fingerprint density at radius 3 is 2.35 bits per heavy atom. The van der Waals surface area contributed by atoms with Crippen molar-refractivity contribution in [1.82, 2.24) is 14.8 Å². The van der Waals surface area contributed by atoms with E-state index >= 15 is 0 Å². The van der Waals surface area contributed by atoms with Crippen molar-refractivity contribution in [3.63, 3.8) is 0 Å². The summed E-state index contributed by atoms with van der Waals surface area (Å²) in [6.45, 7) is 3.43. The van der Waals surface area contributed by atoms with Gasteiger partial charge in [0.2, 0.25) is 0 Å². The number of carbonyl (C=O) groups is 1. The van der Waals surface area contributed by atoms with Crippen molar-refractivity contribution in [3.8, 4) is 5.69 Å². The van der Waals surface area contributed by atoms with E-state index in [0.717, 1.165) is 6.07 Å². The van der Waals surface area contributed by atoms with Crippen LogP contribution in [0.15, 0.2) is 18.2 Å². The van der Waals surface area contributed by atoms with Crippen LogP contribution in [0.1, 0.15) is 22.0 Å². The number of aromatic nitrogens is 3. The van der Waals surface area contributed by atoms with Crippen LogP contribution in [0.3, 0.4) is 0 Å². The molecule has 0 bridgehead atoms. The summed E-state index contributed by atoms with van der Waals surface area (Å²) in [6, 6.07) is 3.60. The molecule has 0 radical (unpaired) electrons. The largest absolute Gasteiger partial charge is 0.478 e. The van der Waals surface area contributed by atoms with Gasteiger partial charge >= 0.3 is 5.97 Å². The number of rotatable bonds is 2. The molecule has 0 saturated carbocycles. The van der Waals surface area contributed by atoms with Crippen LogP contribution in [0.4, 0.5) is 4.39 Å². The number of halogens is 1. The Labute approximate surface area is 96.5 Å². The summed E-state index contributed by atoms with van der Waals surface area (Å²) in [4.78, 5) is 10.8. The van der Waals surface area contributed by atoms with Crippen LogP contribution in [0, 0.1) is 19.7 Å². The summed E-state index contributed by atoms with van der Waals surface area (Å²) in [5.41, 5.74) is 0.301. The van der Waals surface area contributed by atoms with Gasteiger partial charge in [0.05, 0.1) is 11.3 Å². The van der Waals surface area contributed by atoms with Crippen molar-refractivity contribution in [2.75, 3.05) is 0 Å². The molecule has 0 aliphatic rings. The first-order valence-corrected chi connectivity index (χ1v) is 4.92. The van der Waals surface area contributed by atoms with Crippen molar-refractivity contribution < 1.29 is 14.3 Å². The number of hydrogen-bond acceptors (Lipinski definition) is 3. The zero-order chi connectivity index (χ0) is 12.6. The van der Waals surface area contributed by atoms with Crippen LogP contribution in [-0.2, 0) is 0 Å². The summed E-state index contributed by atoms with van der Waals surface area (Å²) >= 11 is 0. The second-order valence-corrected chi connectivity index (χ2v) is 3.63. The monoisotopic (exact) mass is 235 g/mol. The molecule has 1 aromatic heterocycles. The Morgan fingerprint density at radius 2 is 1.82 bits per heavy atom. The van der Waals surface area contributed by atoms with Gasteiger partial charge in [0, 0.05) is 0 Å². The molecule has 6 heteroatoms. The number of nitrogens with zero attached hydrogens (tertiary/aromatic N) is 3. The van der Waals surface area contributed by atoms with E-state index in [-0.39, 0.29) is 5.56 Å². The summed E-state index contributed by atoms with van der Waals surface area (Å²) in [5.74, 6) is -0.629.